The number of rotatable bonds is 4. The third kappa shape index (κ3) is 3.80. The zero-order valence-corrected chi connectivity index (χ0v) is 15.9. The van der Waals surface area contributed by atoms with Crippen molar-refractivity contribution < 1.29 is 9.59 Å². The molecule has 0 atom stereocenters. The third-order valence-electron chi connectivity index (χ3n) is 3.97. The summed E-state index contributed by atoms with van der Waals surface area (Å²) in [6.45, 7) is 1.74. The van der Waals surface area contributed by atoms with E-state index in [1.54, 1.807) is 25.1 Å². The van der Waals surface area contributed by atoms with E-state index in [1.807, 2.05) is 0 Å². The van der Waals surface area contributed by atoms with E-state index in [2.05, 4.69) is 20.7 Å². The Morgan fingerprint density at radius 3 is 2.61 bits per heavy atom. The molecule has 10 heteroatoms. The number of anilines is 1. The summed E-state index contributed by atoms with van der Waals surface area (Å²) in [5, 5.41) is 9.67. The number of halogens is 1. The molecule has 0 aliphatic rings. The monoisotopic (exact) mass is 389 g/mol. The van der Waals surface area contributed by atoms with Crippen molar-refractivity contribution in [1.29, 1.82) is 0 Å². The molecule has 0 fully saturated rings. The second kappa shape index (κ2) is 7.90. The van der Waals surface area contributed by atoms with Crippen LogP contribution in [0.15, 0.2) is 36.5 Å². The van der Waals surface area contributed by atoms with Crippen molar-refractivity contribution in [1.82, 2.24) is 20.1 Å². The smallest absolute Gasteiger partial charge is 0.274 e. The normalized spacial score (nSPS) is 10.5. The van der Waals surface area contributed by atoms with Gasteiger partial charge in [-0.15, -0.1) is 0 Å². The van der Waals surface area contributed by atoms with E-state index in [-0.39, 0.29) is 28.6 Å². The topological polar surface area (TPSA) is 88.9 Å². The van der Waals surface area contributed by atoms with Gasteiger partial charge in [0.2, 0.25) is 0 Å². The lowest BCUT2D eigenvalue weighted by atomic mass is 9.90. The summed E-state index contributed by atoms with van der Waals surface area (Å²) in [7, 11) is 13.1. The maximum Gasteiger partial charge on any atom is 0.274 e. The van der Waals surface area contributed by atoms with Crippen LogP contribution in [0.4, 0.5) is 5.69 Å². The molecule has 0 saturated heterocycles. The average molecular weight is 389 g/mol. The van der Waals surface area contributed by atoms with Crippen LogP contribution in [0.1, 0.15) is 26.4 Å². The van der Waals surface area contributed by atoms with E-state index >= 15 is 0 Å². The van der Waals surface area contributed by atoms with Crippen molar-refractivity contribution in [3.63, 3.8) is 0 Å². The van der Waals surface area contributed by atoms with Gasteiger partial charge in [0.15, 0.2) is 5.82 Å². The molecule has 0 bridgehead atoms. The number of aromatic nitrogens is 3. The van der Waals surface area contributed by atoms with E-state index < -0.39 is 5.91 Å². The van der Waals surface area contributed by atoms with Gasteiger partial charge in [0.25, 0.3) is 11.8 Å². The first-order valence-electron chi connectivity index (χ1n) is 8.21. The van der Waals surface area contributed by atoms with Crippen LogP contribution >= 0.6 is 11.6 Å². The van der Waals surface area contributed by atoms with Crippen LogP contribution in [-0.4, -0.2) is 49.3 Å². The molecule has 0 aliphatic heterocycles. The number of carbonyl (C=O) groups is 2. The molecular formula is C18H14B2ClN5O2. The minimum absolute atomic E-state index is 0.109. The minimum Gasteiger partial charge on any atom is -0.355 e. The largest absolute Gasteiger partial charge is 0.355 e. The Balaban J connectivity index is 2.05. The van der Waals surface area contributed by atoms with Crippen LogP contribution < -0.4 is 21.7 Å². The average Bonchev–Trinajstić information content (AvgIpc) is 3.05. The molecule has 28 heavy (non-hydrogen) atoms. The lowest BCUT2D eigenvalue weighted by Gasteiger charge is -2.15. The van der Waals surface area contributed by atoms with E-state index in [0.29, 0.717) is 21.7 Å². The molecule has 1 aromatic carbocycles. The SMILES string of the molecule is [B]c1cc(C)c(NC(=O)c2cc([B])nn2-c2ncccc2Cl)c(C(=O)NC)c1. The van der Waals surface area contributed by atoms with E-state index in [1.165, 1.54) is 30.1 Å². The van der Waals surface area contributed by atoms with E-state index in [0.717, 1.165) is 0 Å². The van der Waals surface area contributed by atoms with Crippen molar-refractivity contribution in [3.05, 3.63) is 58.4 Å². The predicted molar refractivity (Wildman–Crippen MR) is 110 cm³/mol. The molecule has 136 valence electrons. The maximum absolute atomic E-state index is 13.0. The van der Waals surface area contributed by atoms with Crippen molar-refractivity contribution in [2.45, 2.75) is 6.92 Å². The summed E-state index contributed by atoms with van der Waals surface area (Å²) >= 11 is 6.17. The highest BCUT2D eigenvalue weighted by Gasteiger charge is 2.21. The summed E-state index contributed by atoms with van der Waals surface area (Å²) in [6, 6.07) is 7.82. The minimum atomic E-state index is -0.538. The molecule has 0 unspecified atom stereocenters. The van der Waals surface area contributed by atoms with Gasteiger partial charge in [0.05, 0.1) is 16.3 Å². The Bertz CT molecular complexity index is 1080. The molecule has 4 radical (unpaired) electrons. The van der Waals surface area contributed by atoms with Gasteiger partial charge in [-0.05, 0) is 30.7 Å². The van der Waals surface area contributed by atoms with Gasteiger partial charge < -0.3 is 10.6 Å². The zero-order chi connectivity index (χ0) is 20.4. The first-order valence-corrected chi connectivity index (χ1v) is 8.59. The van der Waals surface area contributed by atoms with Crippen molar-refractivity contribution >= 4 is 55.9 Å². The number of hydrogen-bond donors (Lipinski definition) is 2. The number of amides is 2. The van der Waals surface area contributed by atoms with Gasteiger partial charge in [-0.25, -0.2) is 9.67 Å². The van der Waals surface area contributed by atoms with Gasteiger partial charge in [-0.1, -0.05) is 29.2 Å². The number of aryl methyl sites for hydroxylation is 1. The molecule has 2 N–H and O–H groups in total. The van der Waals surface area contributed by atoms with Crippen LogP contribution in [0, 0.1) is 6.92 Å². The number of nitrogens with one attached hydrogen (secondary N) is 2. The highest BCUT2D eigenvalue weighted by atomic mass is 35.5. The molecule has 2 heterocycles. The molecule has 0 spiro atoms. The molecule has 0 saturated carbocycles. The highest BCUT2D eigenvalue weighted by Crippen LogP contribution is 2.22. The summed E-state index contributed by atoms with van der Waals surface area (Å²) in [5.74, 6) is -0.665. The van der Waals surface area contributed by atoms with Crippen molar-refractivity contribution in [2.24, 2.45) is 0 Å². The molecule has 0 aliphatic carbocycles. The summed E-state index contributed by atoms with van der Waals surface area (Å²) < 4.78 is 1.25. The van der Waals surface area contributed by atoms with Crippen molar-refractivity contribution in [2.75, 3.05) is 12.4 Å². The maximum atomic E-state index is 13.0. The fourth-order valence-electron chi connectivity index (χ4n) is 2.73. The molecule has 3 aromatic rings. The van der Waals surface area contributed by atoms with Gasteiger partial charge in [-0.2, -0.15) is 5.10 Å². The number of carbonyl (C=O) groups excluding carboxylic acids is 2. The van der Waals surface area contributed by atoms with Crippen LogP contribution in [0.25, 0.3) is 5.82 Å². The molecule has 7 nitrogen and oxygen atoms in total. The molecule has 2 aromatic heterocycles. The zero-order valence-electron chi connectivity index (χ0n) is 15.2. The van der Waals surface area contributed by atoms with Gasteiger partial charge in [0, 0.05) is 18.8 Å². The lowest BCUT2D eigenvalue weighted by Crippen LogP contribution is -2.25. The van der Waals surface area contributed by atoms with Gasteiger partial charge in [-0.3, -0.25) is 9.59 Å². The summed E-state index contributed by atoms with van der Waals surface area (Å²) in [6.07, 6.45) is 1.52. The van der Waals surface area contributed by atoms with Crippen LogP contribution in [0.3, 0.4) is 0 Å². The standard InChI is InChI=1S/C18H14B2ClN5O2/c1-9-6-10(19)7-11(17(27)22-2)15(9)24-18(28)13-8-14(20)25-26(13)16-12(21)4-3-5-23-16/h3-8H,1-2H3,(H,22,27)(H,24,28). The molecular weight excluding hydrogens is 375 g/mol. The summed E-state index contributed by atoms with van der Waals surface area (Å²) in [5.41, 5.74) is 1.83. The second-order valence-electron chi connectivity index (χ2n) is 5.97. The van der Waals surface area contributed by atoms with Gasteiger partial charge >= 0.3 is 0 Å². The van der Waals surface area contributed by atoms with E-state index in [9.17, 15) is 9.59 Å². The van der Waals surface area contributed by atoms with Crippen LogP contribution in [0.2, 0.25) is 5.02 Å². The Hall–Kier alpha value is -3.06. The third-order valence-corrected chi connectivity index (χ3v) is 4.26. The lowest BCUT2D eigenvalue weighted by molar-refractivity contribution is 0.0964. The highest BCUT2D eigenvalue weighted by molar-refractivity contribution is 6.33. The Kier molecular flexibility index (Phi) is 5.55. The fraction of sp³-hybridized carbons (Fsp3) is 0.111. The van der Waals surface area contributed by atoms with Crippen LogP contribution in [-0.2, 0) is 0 Å². The van der Waals surface area contributed by atoms with Gasteiger partial charge in [0.1, 0.15) is 21.4 Å². The Morgan fingerprint density at radius 1 is 1.18 bits per heavy atom. The quantitative estimate of drug-likeness (QED) is 0.634. The first-order chi connectivity index (χ1) is 13.3. The number of nitrogens with zero attached hydrogens (tertiary/aromatic N) is 3. The number of hydrogen-bond acceptors (Lipinski definition) is 4. The Labute approximate surface area is 169 Å². The molecule has 2 amide bonds. The number of pyridine rings is 1. The number of benzene rings is 1. The predicted octanol–water partition coefficient (Wildman–Crippen LogP) is 0.429. The molecule has 3 rings (SSSR count). The van der Waals surface area contributed by atoms with Crippen molar-refractivity contribution in [3.8, 4) is 5.82 Å². The second-order valence-corrected chi connectivity index (χ2v) is 6.38. The fourth-order valence-corrected chi connectivity index (χ4v) is 2.93. The Morgan fingerprint density at radius 2 is 1.93 bits per heavy atom. The van der Waals surface area contributed by atoms with Crippen LogP contribution in [0.5, 0.6) is 0 Å². The summed E-state index contributed by atoms with van der Waals surface area (Å²) in [4.78, 5) is 29.3. The van der Waals surface area contributed by atoms with E-state index in [4.69, 9.17) is 27.3 Å². The first kappa shape index (κ1) is 19.7.